The third-order valence-corrected chi connectivity index (χ3v) is 5.58. The van der Waals surface area contributed by atoms with Crippen LogP contribution in [0.4, 0.5) is 0 Å². The monoisotopic (exact) mass is 334 g/mol. The van der Waals surface area contributed by atoms with Crippen molar-refractivity contribution in [2.45, 2.75) is 64.3 Å². The van der Waals surface area contributed by atoms with E-state index >= 15 is 0 Å². The molecule has 19 heavy (non-hydrogen) atoms. The third-order valence-electron chi connectivity index (χ3n) is 4.67. The molecule has 1 saturated carbocycles. The van der Waals surface area contributed by atoms with E-state index < -0.39 is 12.1 Å². The van der Waals surface area contributed by atoms with E-state index in [1.165, 1.54) is 0 Å². The first-order valence-electron chi connectivity index (χ1n) is 7.20. The van der Waals surface area contributed by atoms with E-state index in [4.69, 9.17) is 5.11 Å². The van der Waals surface area contributed by atoms with Gasteiger partial charge in [0.25, 0.3) is 0 Å². The molecular formula is C15H27BrO3. The van der Waals surface area contributed by atoms with E-state index in [-0.39, 0.29) is 28.5 Å². The van der Waals surface area contributed by atoms with Crippen molar-refractivity contribution in [1.82, 2.24) is 0 Å². The van der Waals surface area contributed by atoms with Crippen LogP contribution in [0.25, 0.3) is 0 Å². The molecule has 1 rings (SSSR count). The minimum absolute atomic E-state index is 0.0673. The van der Waals surface area contributed by atoms with Crippen molar-refractivity contribution < 1.29 is 15.0 Å². The van der Waals surface area contributed by atoms with Crippen LogP contribution in [0, 0.1) is 23.2 Å². The zero-order chi connectivity index (χ0) is 14.8. The Bertz CT molecular complexity index is 311. The largest absolute Gasteiger partial charge is 0.481 e. The maximum absolute atomic E-state index is 11.0. The molecule has 1 aliphatic rings. The second-order valence-corrected chi connectivity index (χ2v) is 8.15. The van der Waals surface area contributed by atoms with Gasteiger partial charge >= 0.3 is 5.97 Å². The van der Waals surface area contributed by atoms with Crippen LogP contribution in [-0.2, 0) is 4.79 Å². The smallest absolute Gasteiger partial charge is 0.303 e. The quantitative estimate of drug-likeness (QED) is 0.771. The lowest BCUT2D eigenvalue weighted by Crippen LogP contribution is -2.44. The average molecular weight is 335 g/mol. The molecule has 4 heteroatoms. The fourth-order valence-corrected chi connectivity index (χ4v) is 4.09. The van der Waals surface area contributed by atoms with Crippen LogP contribution >= 0.6 is 15.9 Å². The number of carbonyl (C=O) groups is 1. The Labute approximate surface area is 124 Å². The fraction of sp³-hybridized carbons (Fsp3) is 0.933. The molecule has 1 fully saturated rings. The average Bonchev–Trinajstić information content (AvgIpc) is 2.28. The normalized spacial score (nSPS) is 34.0. The van der Waals surface area contributed by atoms with Crippen molar-refractivity contribution in [3.63, 3.8) is 0 Å². The Morgan fingerprint density at radius 2 is 1.95 bits per heavy atom. The van der Waals surface area contributed by atoms with E-state index in [1.807, 2.05) is 6.92 Å². The zero-order valence-electron chi connectivity index (χ0n) is 12.4. The molecule has 0 radical (unpaired) electrons. The number of carboxylic acid groups (broad SMARTS) is 1. The number of carboxylic acids is 1. The highest BCUT2D eigenvalue weighted by Crippen LogP contribution is 2.46. The Morgan fingerprint density at radius 1 is 1.37 bits per heavy atom. The van der Waals surface area contributed by atoms with E-state index in [9.17, 15) is 9.90 Å². The number of halogens is 1. The van der Waals surface area contributed by atoms with Gasteiger partial charge in [-0.3, -0.25) is 4.79 Å². The number of aliphatic hydroxyl groups excluding tert-OH is 1. The fourth-order valence-electron chi connectivity index (χ4n) is 3.24. The van der Waals surface area contributed by atoms with E-state index in [1.54, 1.807) is 0 Å². The van der Waals surface area contributed by atoms with Gasteiger partial charge in [-0.1, -0.05) is 50.0 Å². The number of hydrogen-bond acceptors (Lipinski definition) is 2. The topological polar surface area (TPSA) is 57.5 Å². The number of hydrogen-bond donors (Lipinski definition) is 2. The minimum atomic E-state index is -0.761. The van der Waals surface area contributed by atoms with Crippen molar-refractivity contribution in [1.29, 1.82) is 0 Å². The maximum atomic E-state index is 11.0. The molecule has 2 N–H and O–H groups in total. The summed E-state index contributed by atoms with van der Waals surface area (Å²) in [5.41, 5.74) is 0.200. The Morgan fingerprint density at radius 3 is 2.37 bits per heavy atom. The summed E-state index contributed by atoms with van der Waals surface area (Å²) in [6.07, 6.45) is 2.44. The molecule has 5 atom stereocenters. The molecule has 0 heterocycles. The molecule has 0 amide bonds. The first kappa shape index (κ1) is 17.0. The number of alkyl halides is 1. The standard InChI is InChI=1S/C15H27BrO3/c1-5-9(6-13(17)18)11-7-10(15(2,3)4)8-12(16)14(11)19/h9-12,14,19H,5-8H2,1-4H3,(H,17,18). The molecule has 3 nitrogen and oxygen atoms in total. The highest BCUT2D eigenvalue weighted by Gasteiger charge is 2.42. The lowest BCUT2D eigenvalue weighted by atomic mass is 9.64. The van der Waals surface area contributed by atoms with Gasteiger partial charge in [0.05, 0.1) is 6.10 Å². The van der Waals surface area contributed by atoms with Crippen LogP contribution in [0.1, 0.15) is 53.4 Å². The van der Waals surface area contributed by atoms with Crippen molar-refractivity contribution in [2.75, 3.05) is 0 Å². The van der Waals surface area contributed by atoms with E-state index in [0.29, 0.717) is 5.92 Å². The van der Waals surface area contributed by atoms with Gasteiger partial charge in [-0.2, -0.15) is 0 Å². The highest BCUT2D eigenvalue weighted by atomic mass is 79.9. The summed E-state index contributed by atoms with van der Waals surface area (Å²) >= 11 is 3.59. The van der Waals surface area contributed by atoms with Gasteiger partial charge in [-0.05, 0) is 36.0 Å². The molecule has 0 aromatic rings. The molecule has 0 bridgehead atoms. The summed E-state index contributed by atoms with van der Waals surface area (Å²) in [5.74, 6) is -0.0858. The van der Waals surface area contributed by atoms with Gasteiger partial charge in [0.2, 0.25) is 0 Å². The van der Waals surface area contributed by atoms with Crippen LogP contribution in [-0.4, -0.2) is 27.1 Å². The van der Waals surface area contributed by atoms with Crippen molar-refractivity contribution in [3.05, 3.63) is 0 Å². The third kappa shape index (κ3) is 4.45. The van der Waals surface area contributed by atoms with Crippen LogP contribution in [0.5, 0.6) is 0 Å². The molecule has 0 aromatic heterocycles. The van der Waals surface area contributed by atoms with Crippen LogP contribution in [0.2, 0.25) is 0 Å². The molecule has 112 valence electrons. The number of aliphatic carboxylic acids is 1. The van der Waals surface area contributed by atoms with Gasteiger partial charge < -0.3 is 10.2 Å². The molecule has 0 aromatic carbocycles. The van der Waals surface area contributed by atoms with Gasteiger partial charge in [0.1, 0.15) is 0 Å². The first-order chi connectivity index (χ1) is 8.66. The Kier molecular flexibility index (Phi) is 5.87. The van der Waals surface area contributed by atoms with Crippen LogP contribution in [0.15, 0.2) is 0 Å². The first-order valence-corrected chi connectivity index (χ1v) is 8.12. The SMILES string of the molecule is CCC(CC(=O)O)C1CC(C(C)(C)C)CC(Br)C1O. The van der Waals surface area contributed by atoms with E-state index in [2.05, 4.69) is 36.7 Å². The molecule has 0 aliphatic heterocycles. The second kappa shape index (κ2) is 6.57. The van der Waals surface area contributed by atoms with Gasteiger partial charge in [0, 0.05) is 11.2 Å². The predicted molar refractivity (Wildman–Crippen MR) is 80.4 cm³/mol. The Balaban J connectivity index is 2.86. The lowest BCUT2D eigenvalue weighted by molar-refractivity contribution is -0.139. The van der Waals surface area contributed by atoms with Crippen molar-refractivity contribution in [3.8, 4) is 0 Å². The molecule has 0 spiro atoms. The predicted octanol–water partition coefficient (Wildman–Crippen LogP) is 3.68. The molecular weight excluding hydrogens is 308 g/mol. The molecule has 1 aliphatic carbocycles. The summed E-state index contributed by atoms with van der Waals surface area (Å²) in [6, 6.07) is 0. The lowest BCUT2D eigenvalue weighted by Gasteiger charge is -2.45. The Hall–Kier alpha value is -0.0900. The van der Waals surface area contributed by atoms with Crippen LogP contribution < -0.4 is 0 Å². The molecule has 0 saturated heterocycles. The van der Waals surface area contributed by atoms with Crippen LogP contribution in [0.3, 0.4) is 0 Å². The highest BCUT2D eigenvalue weighted by molar-refractivity contribution is 9.09. The minimum Gasteiger partial charge on any atom is -0.481 e. The van der Waals surface area contributed by atoms with E-state index in [0.717, 1.165) is 19.3 Å². The zero-order valence-corrected chi connectivity index (χ0v) is 14.0. The summed E-state index contributed by atoms with van der Waals surface area (Å²) < 4.78 is 0. The van der Waals surface area contributed by atoms with Crippen molar-refractivity contribution >= 4 is 21.9 Å². The van der Waals surface area contributed by atoms with Gasteiger partial charge in [-0.25, -0.2) is 0 Å². The van der Waals surface area contributed by atoms with Crippen molar-refractivity contribution in [2.24, 2.45) is 23.2 Å². The summed E-state index contributed by atoms with van der Waals surface area (Å²) in [5, 5.41) is 19.4. The summed E-state index contributed by atoms with van der Waals surface area (Å²) in [7, 11) is 0. The number of rotatable bonds is 4. The number of aliphatic hydroxyl groups is 1. The summed E-state index contributed by atoms with van der Waals surface area (Å²) in [6.45, 7) is 8.70. The van der Waals surface area contributed by atoms with Gasteiger partial charge in [-0.15, -0.1) is 0 Å². The molecule has 5 unspecified atom stereocenters. The summed E-state index contributed by atoms with van der Waals surface area (Å²) in [4.78, 5) is 11.1. The maximum Gasteiger partial charge on any atom is 0.303 e. The van der Waals surface area contributed by atoms with Gasteiger partial charge in [0.15, 0.2) is 0 Å². The second-order valence-electron chi connectivity index (χ2n) is 6.97.